The van der Waals surface area contributed by atoms with Crippen LogP contribution in [0.15, 0.2) is 42.5 Å². The molecule has 2 aliphatic heterocycles. The van der Waals surface area contributed by atoms with E-state index in [1.807, 2.05) is 25.1 Å². The molecule has 0 saturated carbocycles. The molecule has 2 amide bonds. The lowest BCUT2D eigenvalue weighted by molar-refractivity contribution is -0.118. The number of hydrogen-bond acceptors (Lipinski definition) is 6. The molecule has 1 saturated heterocycles. The van der Waals surface area contributed by atoms with E-state index in [1.165, 1.54) is 23.5 Å². The summed E-state index contributed by atoms with van der Waals surface area (Å²) >= 11 is 1.44. The Kier molecular flexibility index (Phi) is 6.40. The van der Waals surface area contributed by atoms with Crippen LogP contribution in [0.3, 0.4) is 0 Å². The van der Waals surface area contributed by atoms with Crippen LogP contribution >= 0.6 is 11.3 Å². The summed E-state index contributed by atoms with van der Waals surface area (Å²) in [5.74, 6) is -0.933. The molecule has 0 aliphatic carbocycles. The Morgan fingerprint density at radius 2 is 1.94 bits per heavy atom. The molecule has 0 atom stereocenters. The van der Waals surface area contributed by atoms with Crippen molar-refractivity contribution >= 4 is 34.0 Å². The van der Waals surface area contributed by atoms with E-state index < -0.39 is 5.82 Å². The maximum atomic E-state index is 14.1. The number of thiazole rings is 1. The molecular weight excluding hydrogens is 455 g/mol. The number of aryl methyl sites for hydroxylation is 1. The van der Waals surface area contributed by atoms with Gasteiger partial charge in [-0.3, -0.25) is 14.5 Å². The van der Waals surface area contributed by atoms with Crippen LogP contribution in [0.1, 0.15) is 20.8 Å². The van der Waals surface area contributed by atoms with Crippen molar-refractivity contribution in [2.24, 2.45) is 0 Å². The number of amides is 2. The molecule has 3 heterocycles. The van der Waals surface area contributed by atoms with Crippen molar-refractivity contribution in [3.63, 3.8) is 0 Å². The number of fused-ring (bicyclic) bond motifs is 1. The molecule has 0 radical (unpaired) electrons. The smallest absolute Gasteiger partial charge is 0.261 e. The van der Waals surface area contributed by atoms with Crippen molar-refractivity contribution in [3.05, 3.63) is 64.3 Å². The lowest BCUT2D eigenvalue weighted by Crippen LogP contribution is -2.41. The second-order valence-electron chi connectivity index (χ2n) is 8.39. The molecule has 5 rings (SSSR count). The second-order valence-corrected chi connectivity index (χ2v) is 9.59. The maximum Gasteiger partial charge on any atom is 0.261 e. The molecule has 9 heteroatoms. The molecular formula is C25H25FN4O3S. The van der Waals surface area contributed by atoms with Crippen molar-refractivity contribution in [2.45, 2.75) is 13.3 Å². The first-order valence-corrected chi connectivity index (χ1v) is 12.1. The standard InChI is InChI=1S/C25H25FN4O3S/c1-16-23(28-25(34-16)27-22(31)15-29-10-12-33-13-11-29)18-6-7-21-17(14-18)8-9-30(21)24(32)19-4-2-3-5-20(19)26/h2-7,14H,8-13,15H2,1H3,(H,27,28,31). The van der Waals surface area contributed by atoms with Gasteiger partial charge in [0.25, 0.3) is 5.91 Å². The Bertz CT molecular complexity index is 1240. The summed E-state index contributed by atoms with van der Waals surface area (Å²) in [5.41, 5.74) is 3.64. The zero-order valence-corrected chi connectivity index (χ0v) is 19.7. The van der Waals surface area contributed by atoms with Gasteiger partial charge in [-0.1, -0.05) is 18.2 Å². The van der Waals surface area contributed by atoms with Crippen LogP contribution in [0.2, 0.25) is 0 Å². The van der Waals surface area contributed by atoms with Gasteiger partial charge in [0, 0.05) is 35.8 Å². The Hall–Kier alpha value is -3.14. The Balaban J connectivity index is 1.31. The fraction of sp³-hybridized carbons (Fsp3) is 0.320. The number of nitrogens with one attached hydrogen (secondary N) is 1. The van der Waals surface area contributed by atoms with E-state index in [2.05, 4.69) is 15.2 Å². The molecule has 2 aromatic carbocycles. The molecule has 1 aromatic heterocycles. The van der Waals surface area contributed by atoms with E-state index in [1.54, 1.807) is 17.0 Å². The fourth-order valence-electron chi connectivity index (χ4n) is 4.38. The third kappa shape index (κ3) is 4.59. The largest absolute Gasteiger partial charge is 0.379 e. The van der Waals surface area contributed by atoms with Gasteiger partial charge in [-0.2, -0.15) is 0 Å². The number of carbonyl (C=O) groups excluding carboxylic acids is 2. The van der Waals surface area contributed by atoms with Gasteiger partial charge in [0.1, 0.15) is 5.82 Å². The predicted molar refractivity (Wildman–Crippen MR) is 130 cm³/mol. The summed E-state index contributed by atoms with van der Waals surface area (Å²) in [4.78, 5) is 34.7. The maximum absolute atomic E-state index is 14.1. The average molecular weight is 481 g/mol. The Morgan fingerprint density at radius 1 is 1.15 bits per heavy atom. The second kappa shape index (κ2) is 9.61. The van der Waals surface area contributed by atoms with Crippen LogP contribution in [0, 0.1) is 12.7 Å². The summed E-state index contributed by atoms with van der Waals surface area (Å²) in [6.45, 7) is 5.60. The topological polar surface area (TPSA) is 74.8 Å². The number of anilines is 2. The van der Waals surface area contributed by atoms with Crippen LogP contribution in [0.5, 0.6) is 0 Å². The van der Waals surface area contributed by atoms with Crippen LogP contribution < -0.4 is 10.2 Å². The van der Waals surface area contributed by atoms with Gasteiger partial charge in [0.05, 0.1) is 31.0 Å². The third-order valence-corrected chi connectivity index (χ3v) is 7.00. The molecule has 0 unspecified atom stereocenters. The molecule has 176 valence electrons. The number of ether oxygens (including phenoxy) is 1. The molecule has 0 spiro atoms. The van der Waals surface area contributed by atoms with Crippen molar-refractivity contribution < 1.29 is 18.7 Å². The van der Waals surface area contributed by atoms with Gasteiger partial charge in [-0.25, -0.2) is 9.37 Å². The molecule has 34 heavy (non-hydrogen) atoms. The van der Waals surface area contributed by atoms with Crippen molar-refractivity contribution in [1.82, 2.24) is 9.88 Å². The first-order chi connectivity index (χ1) is 16.5. The van der Waals surface area contributed by atoms with Crippen LogP contribution in [0.4, 0.5) is 15.2 Å². The quantitative estimate of drug-likeness (QED) is 0.602. The van der Waals surface area contributed by atoms with Gasteiger partial charge in [0.15, 0.2) is 5.13 Å². The number of carbonyl (C=O) groups is 2. The van der Waals surface area contributed by atoms with Crippen LogP contribution in [-0.4, -0.2) is 61.1 Å². The van der Waals surface area contributed by atoms with Crippen molar-refractivity contribution in [1.29, 1.82) is 0 Å². The summed E-state index contributed by atoms with van der Waals surface area (Å²) < 4.78 is 19.5. The minimum Gasteiger partial charge on any atom is -0.379 e. The number of halogens is 1. The lowest BCUT2D eigenvalue weighted by Gasteiger charge is -2.25. The van der Waals surface area contributed by atoms with Gasteiger partial charge in [-0.05, 0) is 43.2 Å². The summed E-state index contributed by atoms with van der Waals surface area (Å²) in [5, 5.41) is 3.49. The highest BCUT2D eigenvalue weighted by Crippen LogP contribution is 2.36. The predicted octanol–water partition coefficient (Wildman–Crippen LogP) is 3.73. The average Bonchev–Trinajstić information content (AvgIpc) is 3.42. The van der Waals surface area contributed by atoms with E-state index >= 15 is 0 Å². The first-order valence-electron chi connectivity index (χ1n) is 11.3. The van der Waals surface area contributed by atoms with Gasteiger partial charge < -0.3 is 15.0 Å². The van der Waals surface area contributed by atoms with Gasteiger partial charge >= 0.3 is 0 Å². The lowest BCUT2D eigenvalue weighted by atomic mass is 10.1. The number of morpholine rings is 1. The molecule has 7 nitrogen and oxygen atoms in total. The zero-order chi connectivity index (χ0) is 23.7. The van der Waals surface area contributed by atoms with Crippen molar-refractivity contribution in [3.8, 4) is 11.3 Å². The Morgan fingerprint density at radius 3 is 2.74 bits per heavy atom. The SMILES string of the molecule is Cc1sc(NC(=O)CN2CCOCC2)nc1-c1ccc2c(c1)CCN2C(=O)c1ccccc1F. The normalized spacial score (nSPS) is 15.9. The third-order valence-electron chi connectivity index (χ3n) is 6.11. The highest BCUT2D eigenvalue weighted by Gasteiger charge is 2.28. The number of nitrogens with zero attached hydrogens (tertiary/aromatic N) is 3. The molecule has 1 fully saturated rings. The summed E-state index contributed by atoms with van der Waals surface area (Å²) in [7, 11) is 0. The monoisotopic (exact) mass is 480 g/mol. The summed E-state index contributed by atoms with van der Waals surface area (Å²) in [6, 6.07) is 11.9. The number of rotatable bonds is 5. The minimum atomic E-state index is -0.515. The minimum absolute atomic E-state index is 0.0761. The molecule has 3 aromatic rings. The number of aromatic nitrogens is 1. The number of benzene rings is 2. The zero-order valence-electron chi connectivity index (χ0n) is 18.8. The van der Waals surface area contributed by atoms with Crippen molar-refractivity contribution in [2.75, 3.05) is 49.6 Å². The van der Waals surface area contributed by atoms with E-state index in [0.717, 1.165) is 40.5 Å². The fourth-order valence-corrected chi connectivity index (χ4v) is 5.23. The van der Waals surface area contributed by atoms with E-state index in [9.17, 15) is 14.0 Å². The van der Waals surface area contributed by atoms with Gasteiger partial charge in [-0.15, -0.1) is 11.3 Å². The van der Waals surface area contributed by atoms with Crippen LogP contribution in [-0.2, 0) is 16.0 Å². The molecule has 0 bridgehead atoms. The van der Waals surface area contributed by atoms with E-state index in [4.69, 9.17) is 4.74 Å². The Labute approximate surface area is 201 Å². The van der Waals surface area contributed by atoms with Crippen LogP contribution in [0.25, 0.3) is 11.3 Å². The highest BCUT2D eigenvalue weighted by molar-refractivity contribution is 7.16. The van der Waals surface area contributed by atoms with E-state index in [-0.39, 0.29) is 17.4 Å². The molecule has 2 aliphatic rings. The van der Waals surface area contributed by atoms with E-state index in [0.29, 0.717) is 37.9 Å². The number of hydrogen-bond donors (Lipinski definition) is 1. The highest BCUT2D eigenvalue weighted by atomic mass is 32.1. The molecule has 1 N–H and O–H groups in total. The van der Waals surface area contributed by atoms with Gasteiger partial charge in [0.2, 0.25) is 5.91 Å². The summed E-state index contributed by atoms with van der Waals surface area (Å²) in [6.07, 6.45) is 0.690. The first kappa shape index (κ1) is 22.6.